The molecule has 1 aromatic rings. The van der Waals surface area contributed by atoms with Crippen LogP contribution in [-0.4, -0.2) is 39.0 Å². The average Bonchev–Trinajstić information content (AvgIpc) is 2.22. The molecule has 0 radical (unpaired) electrons. The van der Waals surface area contributed by atoms with E-state index in [1.54, 1.807) is 0 Å². The predicted molar refractivity (Wildman–Crippen MR) is 61.9 cm³/mol. The Morgan fingerprint density at radius 3 is 2.50 bits per heavy atom. The topological polar surface area (TPSA) is 62.1 Å². The molecule has 0 aliphatic carbocycles. The smallest absolute Gasteiger partial charge is 0.245 e. The Kier molecular flexibility index (Phi) is 3.19. The highest BCUT2D eigenvalue weighted by molar-refractivity contribution is 6.32. The molecule has 5 nitrogen and oxygen atoms in total. The molecule has 2 rings (SSSR count). The number of nitrogens with zero attached hydrogens (tertiary/aromatic N) is 4. The van der Waals surface area contributed by atoms with Crippen LogP contribution in [0, 0.1) is 0 Å². The minimum Gasteiger partial charge on any atom is -0.390 e. The van der Waals surface area contributed by atoms with Crippen molar-refractivity contribution in [3.63, 3.8) is 0 Å². The summed E-state index contributed by atoms with van der Waals surface area (Å²) in [6, 6.07) is 0. The van der Waals surface area contributed by atoms with E-state index in [1.165, 1.54) is 0 Å². The molecular weight excluding hydrogens is 251 g/mol. The predicted octanol–water partition coefficient (Wildman–Crippen LogP) is 1.53. The van der Waals surface area contributed by atoms with E-state index in [1.807, 2.05) is 11.8 Å². The molecule has 16 heavy (non-hydrogen) atoms. The number of anilines is 1. The Morgan fingerprint density at radius 1 is 1.25 bits per heavy atom. The molecule has 0 amide bonds. The second kappa shape index (κ2) is 4.31. The van der Waals surface area contributed by atoms with Crippen molar-refractivity contribution in [2.45, 2.75) is 25.4 Å². The van der Waals surface area contributed by atoms with Gasteiger partial charge in [-0.05, 0) is 31.4 Å². The molecule has 0 aromatic carbocycles. The summed E-state index contributed by atoms with van der Waals surface area (Å²) in [5.74, 6) is 0.539. The van der Waals surface area contributed by atoms with Gasteiger partial charge in [-0.3, -0.25) is 0 Å². The third kappa shape index (κ3) is 2.53. The van der Waals surface area contributed by atoms with Gasteiger partial charge in [0.25, 0.3) is 0 Å². The van der Waals surface area contributed by atoms with Crippen LogP contribution in [0.4, 0.5) is 5.82 Å². The van der Waals surface area contributed by atoms with Crippen LogP contribution in [0.15, 0.2) is 0 Å². The molecule has 88 valence electrons. The van der Waals surface area contributed by atoms with Crippen LogP contribution in [0.3, 0.4) is 0 Å². The number of rotatable bonds is 1. The van der Waals surface area contributed by atoms with E-state index in [4.69, 9.17) is 23.2 Å². The maximum Gasteiger partial charge on any atom is 0.245 e. The van der Waals surface area contributed by atoms with Gasteiger partial charge in [-0.1, -0.05) is 11.6 Å². The Balaban J connectivity index is 2.17. The van der Waals surface area contributed by atoms with Crippen molar-refractivity contribution in [2.24, 2.45) is 0 Å². The van der Waals surface area contributed by atoms with Crippen molar-refractivity contribution in [3.05, 3.63) is 10.4 Å². The van der Waals surface area contributed by atoms with E-state index in [2.05, 4.69) is 15.2 Å². The van der Waals surface area contributed by atoms with Crippen LogP contribution in [-0.2, 0) is 0 Å². The molecule has 2 heterocycles. The number of halogens is 2. The van der Waals surface area contributed by atoms with E-state index >= 15 is 0 Å². The van der Waals surface area contributed by atoms with Gasteiger partial charge in [0.05, 0.1) is 5.60 Å². The Labute approximate surface area is 103 Å². The molecule has 7 heteroatoms. The summed E-state index contributed by atoms with van der Waals surface area (Å²) in [5, 5.41) is 17.4. The molecule has 1 N–H and O–H groups in total. The molecule has 1 fully saturated rings. The fourth-order valence-corrected chi connectivity index (χ4v) is 2.00. The van der Waals surface area contributed by atoms with Crippen molar-refractivity contribution in [1.29, 1.82) is 0 Å². The van der Waals surface area contributed by atoms with Gasteiger partial charge in [0.1, 0.15) is 0 Å². The SMILES string of the molecule is CC1(O)CCN(c2nc(Cl)nnc2Cl)CC1. The summed E-state index contributed by atoms with van der Waals surface area (Å²) >= 11 is 11.6. The fourth-order valence-electron chi connectivity index (χ4n) is 1.69. The molecule has 0 unspecified atom stereocenters. The number of hydrogen-bond donors (Lipinski definition) is 1. The Bertz CT molecular complexity index is 389. The van der Waals surface area contributed by atoms with Crippen LogP contribution in [0.25, 0.3) is 0 Å². The molecule has 1 aromatic heterocycles. The molecule has 1 aliphatic rings. The van der Waals surface area contributed by atoms with Gasteiger partial charge in [-0.2, -0.15) is 4.98 Å². The lowest BCUT2D eigenvalue weighted by Crippen LogP contribution is -2.43. The molecule has 0 spiro atoms. The highest BCUT2D eigenvalue weighted by Crippen LogP contribution is 2.28. The molecule has 1 saturated heterocycles. The second-order valence-electron chi connectivity index (χ2n) is 4.18. The molecule has 0 bridgehead atoms. The lowest BCUT2D eigenvalue weighted by Gasteiger charge is -2.36. The Morgan fingerprint density at radius 2 is 1.88 bits per heavy atom. The van der Waals surface area contributed by atoms with Crippen LogP contribution in [0.1, 0.15) is 19.8 Å². The summed E-state index contributed by atoms with van der Waals surface area (Å²) in [5.41, 5.74) is -0.604. The number of piperidine rings is 1. The van der Waals surface area contributed by atoms with Gasteiger partial charge in [0.2, 0.25) is 5.28 Å². The minimum atomic E-state index is -0.604. The minimum absolute atomic E-state index is 0.0803. The first-order valence-corrected chi connectivity index (χ1v) is 5.77. The van der Waals surface area contributed by atoms with Crippen LogP contribution < -0.4 is 4.90 Å². The zero-order valence-electron chi connectivity index (χ0n) is 8.82. The molecule has 0 atom stereocenters. The first-order valence-electron chi connectivity index (χ1n) is 5.01. The van der Waals surface area contributed by atoms with E-state index in [-0.39, 0.29) is 10.4 Å². The van der Waals surface area contributed by atoms with Crippen LogP contribution >= 0.6 is 23.2 Å². The van der Waals surface area contributed by atoms with Gasteiger partial charge in [-0.25, -0.2) is 0 Å². The monoisotopic (exact) mass is 262 g/mol. The van der Waals surface area contributed by atoms with Crippen LogP contribution in [0.5, 0.6) is 0 Å². The summed E-state index contributed by atoms with van der Waals surface area (Å²) in [7, 11) is 0. The van der Waals surface area contributed by atoms with Gasteiger partial charge >= 0.3 is 0 Å². The average molecular weight is 263 g/mol. The zero-order chi connectivity index (χ0) is 11.8. The molecular formula is C9H12Cl2N4O. The van der Waals surface area contributed by atoms with Crippen molar-refractivity contribution in [2.75, 3.05) is 18.0 Å². The normalized spacial score (nSPS) is 19.9. The molecule has 1 aliphatic heterocycles. The summed E-state index contributed by atoms with van der Waals surface area (Å²) in [6.07, 6.45) is 1.34. The van der Waals surface area contributed by atoms with Gasteiger partial charge in [0, 0.05) is 13.1 Å². The number of hydrogen-bond acceptors (Lipinski definition) is 5. The maximum atomic E-state index is 9.83. The molecule has 0 saturated carbocycles. The zero-order valence-corrected chi connectivity index (χ0v) is 10.3. The van der Waals surface area contributed by atoms with Crippen molar-refractivity contribution in [3.8, 4) is 0 Å². The van der Waals surface area contributed by atoms with Gasteiger partial charge in [-0.15, -0.1) is 10.2 Å². The second-order valence-corrected chi connectivity index (χ2v) is 4.88. The van der Waals surface area contributed by atoms with Crippen molar-refractivity contribution < 1.29 is 5.11 Å². The van der Waals surface area contributed by atoms with E-state index in [0.717, 1.165) is 0 Å². The lowest BCUT2D eigenvalue weighted by atomic mass is 9.94. The van der Waals surface area contributed by atoms with Crippen LogP contribution in [0.2, 0.25) is 10.4 Å². The largest absolute Gasteiger partial charge is 0.390 e. The highest BCUT2D eigenvalue weighted by atomic mass is 35.5. The van der Waals surface area contributed by atoms with E-state index < -0.39 is 5.60 Å². The maximum absolute atomic E-state index is 9.83. The lowest BCUT2D eigenvalue weighted by molar-refractivity contribution is 0.0350. The summed E-state index contributed by atoms with van der Waals surface area (Å²) < 4.78 is 0. The first-order chi connectivity index (χ1) is 7.48. The first kappa shape index (κ1) is 11.8. The van der Waals surface area contributed by atoms with Gasteiger partial charge < -0.3 is 10.0 Å². The highest BCUT2D eigenvalue weighted by Gasteiger charge is 2.29. The van der Waals surface area contributed by atoms with E-state index in [9.17, 15) is 5.11 Å². The number of aromatic nitrogens is 3. The third-order valence-electron chi connectivity index (χ3n) is 2.74. The quantitative estimate of drug-likeness (QED) is 0.832. The summed E-state index contributed by atoms with van der Waals surface area (Å²) in [6.45, 7) is 3.20. The fraction of sp³-hybridized carbons (Fsp3) is 0.667. The van der Waals surface area contributed by atoms with E-state index in [0.29, 0.717) is 31.7 Å². The third-order valence-corrected chi connectivity index (χ3v) is 3.15. The Hall–Kier alpha value is -0.650. The summed E-state index contributed by atoms with van der Waals surface area (Å²) in [4.78, 5) is 6.01. The number of aliphatic hydroxyl groups is 1. The van der Waals surface area contributed by atoms with Gasteiger partial charge in [0.15, 0.2) is 11.0 Å². The van der Waals surface area contributed by atoms with Crippen molar-refractivity contribution in [1.82, 2.24) is 15.2 Å². The van der Waals surface area contributed by atoms with Crippen molar-refractivity contribution >= 4 is 29.0 Å². The standard InChI is InChI=1S/C9H12Cl2N4O/c1-9(16)2-4-15(5-3-9)7-6(10)13-14-8(11)12-7/h16H,2-5H2,1H3.